The van der Waals surface area contributed by atoms with Crippen LogP contribution in [0.15, 0.2) is 30.3 Å². The van der Waals surface area contributed by atoms with E-state index in [0.717, 1.165) is 31.7 Å². The van der Waals surface area contributed by atoms with Crippen LogP contribution in [-0.4, -0.2) is 45.0 Å². The fourth-order valence-corrected chi connectivity index (χ4v) is 2.02. The highest BCUT2D eigenvalue weighted by Crippen LogP contribution is 2.08. The van der Waals surface area contributed by atoms with Crippen molar-refractivity contribution in [2.24, 2.45) is 0 Å². The zero-order valence-corrected chi connectivity index (χ0v) is 11.5. The van der Waals surface area contributed by atoms with E-state index in [4.69, 9.17) is 14.2 Å². The SMILES string of the molecule is O=C(COC1CCNCC1)OCCOc1ccccc1. The molecule has 0 spiro atoms. The molecule has 1 saturated heterocycles. The van der Waals surface area contributed by atoms with E-state index in [0.29, 0.717) is 6.61 Å². The Morgan fingerprint density at radius 1 is 1.15 bits per heavy atom. The van der Waals surface area contributed by atoms with Crippen molar-refractivity contribution in [3.63, 3.8) is 0 Å². The molecule has 0 aromatic heterocycles. The van der Waals surface area contributed by atoms with E-state index in [-0.39, 0.29) is 25.3 Å². The molecule has 1 aromatic rings. The van der Waals surface area contributed by atoms with Gasteiger partial charge in [0.05, 0.1) is 6.10 Å². The van der Waals surface area contributed by atoms with E-state index in [1.54, 1.807) is 0 Å². The van der Waals surface area contributed by atoms with E-state index >= 15 is 0 Å². The highest BCUT2D eigenvalue weighted by Gasteiger charge is 2.15. The Balaban J connectivity index is 1.51. The number of nitrogens with one attached hydrogen (secondary N) is 1. The third kappa shape index (κ3) is 5.59. The minimum Gasteiger partial charge on any atom is -0.490 e. The van der Waals surface area contributed by atoms with Crippen LogP contribution in [-0.2, 0) is 14.3 Å². The van der Waals surface area contributed by atoms with Gasteiger partial charge in [-0.25, -0.2) is 4.79 Å². The number of benzene rings is 1. The summed E-state index contributed by atoms with van der Waals surface area (Å²) in [5.41, 5.74) is 0. The summed E-state index contributed by atoms with van der Waals surface area (Å²) in [4.78, 5) is 11.5. The highest BCUT2D eigenvalue weighted by molar-refractivity contribution is 5.70. The summed E-state index contributed by atoms with van der Waals surface area (Å²) in [6.07, 6.45) is 2.07. The van der Waals surface area contributed by atoms with Crippen LogP contribution in [0.3, 0.4) is 0 Å². The maximum Gasteiger partial charge on any atom is 0.332 e. The fraction of sp³-hybridized carbons (Fsp3) is 0.533. The molecule has 5 nitrogen and oxygen atoms in total. The normalized spacial score (nSPS) is 15.8. The first-order valence-electron chi connectivity index (χ1n) is 7.00. The molecule has 1 aromatic carbocycles. The second kappa shape index (κ2) is 8.55. The topological polar surface area (TPSA) is 56.8 Å². The van der Waals surface area contributed by atoms with Crippen LogP contribution in [0, 0.1) is 0 Å². The molecular weight excluding hydrogens is 258 g/mol. The van der Waals surface area contributed by atoms with Gasteiger partial charge in [-0.3, -0.25) is 0 Å². The summed E-state index contributed by atoms with van der Waals surface area (Å²) in [5.74, 6) is 0.440. The molecule has 0 bridgehead atoms. The number of rotatable bonds is 7. The third-order valence-electron chi connectivity index (χ3n) is 3.08. The lowest BCUT2D eigenvalue weighted by atomic mass is 10.1. The largest absolute Gasteiger partial charge is 0.490 e. The molecule has 1 fully saturated rings. The van der Waals surface area contributed by atoms with Crippen LogP contribution >= 0.6 is 0 Å². The number of carbonyl (C=O) groups is 1. The van der Waals surface area contributed by atoms with E-state index in [1.807, 2.05) is 30.3 Å². The zero-order valence-electron chi connectivity index (χ0n) is 11.5. The van der Waals surface area contributed by atoms with Crippen molar-refractivity contribution < 1.29 is 19.0 Å². The molecule has 1 aliphatic rings. The molecule has 110 valence electrons. The Morgan fingerprint density at radius 3 is 2.65 bits per heavy atom. The Hall–Kier alpha value is -1.59. The van der Waals surface area contributed by atoms with Crippen LogP contribution in [0.4, 0.5) is 0 Å². The molecular formula is C15H21NO4. The second-order valence-corrected chi connectivity index (χ2v) is 4.64. The zero-order chi connectivity index (χ0) is 14.0. The molecule has 1 heterocycles. The quantitative estimate of drug-likeness (QED) is 0.603. The van der Waals surface area contributed by atoms with Crippen molar-refractivity contribution in [3.05, 3.63) is 30.3 Å². The van der Waals surface area contributed by atoms with E-state index in [1.165, 1.54) is 0 Å². The molecule has 1 aliphatic heterocycles. The maximum atomic E-state index is 11.5. The van der Waals surface area contributed by atoms with Gasteiger partial charge in [0.2, 0.25) is 0 Å². The number of piperidine rings is 1. The molecule has 2 rings (SSSR count). The van der Waals surface area contributed by atoms with Crippen molar-refractivity contribution in [1.82, 2.24) is 5.32 Å². The van der Waals surface area contributed by atoms with Crippen molar-refractivity contribution in [2.45, 2.75) is 18.9 Å². The van der Waals surface area contributed by atoms with Gasteiger partial charge >= 0.3 is 5.97 Å². The predicted molar refractivity (Wildman–Crippen MR) is 74.7 cm³/mol. The molecule has 0 radical (unpaired) electrons. The van der Waals surface area contributed by atoms with Crippen molar-refractivity contribution in [3.8, 4) is 5.75 Å². The van der Waals surface area contributed by atoms with Crippen LogP contribution in [0.25, 0.3) is 0 Å². The molecule has 0 amide bonds. The van der Waals surface area contributed by atoms with E-state index in [2.05, 4.69) is 5.32 Å². The Morgan fingerprint density at radius 2 is 1.90 bits per heavy atom. The molecule has 0 saturated carbocycles. The Labute approximate surface area is 119 Å². The van der Waals surface area contributed by atoms with Gasteiger partial charge < -0.3 is 19.5 Å². The predicted octanol–water partition coefficient (Wildman–Crippen LogP) is 1.38. The van der Waals surface area contributed by atoms with E-state index < -0.39 is 0 Å². The van der Waals surface area contributed by atoms with Gasteiger partial charge in [0.25, 0.3) is 0 Å². The first kappa shape index (κ1) is 14.8. The molecule has 20 heavy (non-hydrogen) atoms. The minimum atomic E-state index is -0.333. The van der Waals surface area contributed by atoms with E-state index in [9.17, 15) is 4.79 Å². The first-order chi connectivity index (χ1) is 9.84. The number of ether oxygens (including phenoxy) is 3. The third-order valence-corrected chi connectivity index (χ3v) is 3.08. The van der Waals surface area contributed by atoms with Gasteiger partial charge in [-0.05, 0) is 38.1 Å². The van der Waals surface area contributed by atoms with Crippen molar-refractivity contribution >= 4 is 5.97 Å². The summed E-state index contributed by atoms with van der Waals surface area (Å²) in [7, 11) is 0. The molecule has 1 N–H and O–H groups in total. The summed E-state index contributed by atoms with van der Waals surface area (Å²) in [5, 5.41) is 3.25. The van der Waals surface area contributed by atoms with Gasteiger partial charge in [-0.1, -0.05) is 18.2 Å². The summed E-state index contributed by atoms with van der Waals surface area (Å²) < 4.78 is 16.0. The van der Waals surface area contributed by atoms with Crippen LogP contribution in [0.2, 0.25) is 0 Å². The monoisotopic (exact) mass is 279 g/mol. The van der Waals surface area contributed by atoms with Gasteiger partial charge in [0.1, 0.15) is 25.6 Å². The average molecular weight is 279 g/mol. The van der Waals surface area contributed by atoms with Crippen molar-refractivity contribution in [2.75, 3.05) is 32.9 Å². The van der Waals surface area contributed by atoms with Gasteiger partial charge in [0.15, 0.2) is 0 Å². The number of hydrogen-bond acceptors (Lipinski definition) is 5. The Kier molecular flexibility index (Phi) is 6.34. The summed E-state index contributed by atoms with van der Waals surface area (Å²) in [6, 6.07) is 9.44. The molecule has 5 heteroatoms. The smallest absolute Gasteiger partial charge is 0.332 e. The summed E-state index contributed by atoms with van der Waals surface area (Å²) in [6.45, 7) is 2.51. The molecule has 0 atom stereocenters. The Bertz CT molecular complexity index is 390. The number of hydrogen-bond donors (Lipinski definition) is 1. The lowest BCUT2D eigenvalue weighted by Gasteiger charge is -2.22. The van der Waals surface area contributed by atoms with Crippen molar-refractivity contribution in [1.29, 1.82) is 0 Å². The fourth-order valence-electron chi connectivity index (χ4n) is 2.02. The lowest BCUT2D eigenvalue weighted by Crippen LogP contribution is -2.33. The van der Waals surface area contributed by atoms with Gasteiger partial charge in [-0.2, -0.15) is 0 Å². The average Bonchev–Trinajstić information content (AvgIpc) is 2.52. The van der Waals surface area contributed by atoms with Crippen LogP contribution < -0.4 is 10.1 Å². The minimum absolute atomic E-state index is 0.0238. The first-order valence-corrected chi connectivity index (χ1v) is 7.00. The van der Waals surface area contributed by atoms with Gasteiger partial charge in [0, 0.05) is 0 Å². The lowest BCUT2D eigenvalue weighted by molar-refractivity contribution is -0.152. The number of carbonyl (C=O) groups excluding carboxylic acids is 1. The van der Waals surface area contributed by atoms with Crippen LogP contribution in [0.5, 0.6) is 5.75 Å². The highest BCUT2D eigenvalue weighted by atomic mass is 16.6. The number of para-hydroxylation sites is 1. The van der Waals surface area contributed by atoms with Gasteiger partial charge in [-0.15, -0.1) is 0 Å². The second-order valence-electron chi connectivity index (χ2n) is 4.64. The maximum absolute atomic E-state index is 11.5. The number of esters is 1. The standard InChI is InChI=1S/C15H21NO4/c17-15(12-20-14-6-8-16-9-7-14)19-11-10-18-13-4-2-1-3-5-13/h1-5,14,16H,6-12H2. The van der Waals surface area contributed by atoms with Crippen LogP contribution in [0.1, 0.15) is 12.8 Å². The summed E-state index contributed by atoms with van der Waals surface area (Å²) >= 11 is 0. The molecule has 0 aliphatic carbocycles. The molecule has 0 unspecified atom stereocenters.